The van der Waals surface area contributed by atoms with Crippen LogP contribution >= 0.6 is 7.82 Å². The van der Waals surface area contributed by atoms with Gasteiger partial charge in [-0.05, 0) is 0 Å². The van der Waals surface area contributed by atoms with Crippen molar-refractivity contribution in [3.8, 4) is 0 Å². The van der Waals surface area contributed by atoms with Crippen LogP contribution in [0.3, 0.4) is 0 Å². The van der Waals surface area contributed by atoms with Crippen LogP contribution in [0.2, 0.25) is 0 Å². The van der Waals surface area contributed by atoms with E-state index < -0.39 is 32.9 Å². The maximum atomic E-state index is 10.7. The van der Waals surface area contributed by atoms with Crippen molar-refractivity contribution in [2.75, 3.05) is 12.3 Å². The molecule has 12 heteroatoms. The minimum absolute atomic E-state index is 0.199. The topological polar surface area (TPSA) is 166 Å². The van der Waals surface area contributed by atoms with Crippen molar-refractivity contribution in [1.82, 2.24) is 19.5 Å². The number of ether oxygens (including phenoxy) is 1. The van der Waals surface area contributed by atoms with Gasteiger partial charge in [-0.3, -0.25) is 9.09 Å². The van der Waals surface area contributed by atoms with Crippen molar-refractivity contribution in [3.05, 3.63) is 12.7 Å². The molecular formula is C10H14N5O6P. The lowest BCUT2D eigenvalue weighted by Gasteiger charge is -2.16. The van der Waals surface area contributed by atoms with E-state index in [1.54, 1.807) is 4.57 Å². The summed E-state index contributed by atoms with van der Waals surface area (Å²) in [5.74, 6) is 0.226. The number of anilines is 1. The molecule has 1 saturated heterocycles. The van der Waals surface area contributed by atoms with Crippen LogP contribution in [0.5, 0.6) is 0 Å². The molecule has 22 heavy (non-hydrogen) atoms. The second kappa shape index (κ2) is 5.54. The molecule has 0 amide bonds. The first kappa shape index (κ1) is 15.3. The van der Waals surface area contributed by atoms with Crippen LogP contribution in [0.1, 0.15) is 12.6 Å². The van der Waals surface area contributed by atoms with Crippen LogP contribution in [0.15, 0.2) is 12.7 Å². The van der Waals surface area contributed by atoms with Gasteiger partial charge in [-0.25, -0.2) is 19.5 Å². The molecule has 11 nitrogen and oxygen atoms in total. The van der Waals surface area contributed by atoms with Gasteiger partial charge in [0.1, 0.15) is 24.2 Å². The highest BCUT2D eigenvalue weighted by molar-refractivity contribution is 7.46. The molecule has 120 valence electrons. The molecule has 1 aliphatic rings. The number of hydrogen-bond acceptors (Lipinski definition) is 8. The van der Waals surface area contributed by atoms with Gasteiger partial charge in [-0.15, -0.1) is 0 Å². The molecule has 2 aromatic rings. The van der Waals surface area contributed by atoms with Crippen molar-refractivity contribution in [1.29, 1.82) is 0 Å². The molecule has 3 heterocycles. The zero-order chi connectivity index (χ0) is 15.9. The summed E-state index contributed by atoms with van der Waals surface area (Å²) in [7, 11) is -4.62. The SMILES string of the molecule is Nc1ncnc2c1ncn2[C@H]1C[C@@H](O)C(COP(=O)(O)O)O1. The minimum atomic E-state index is -4.62. The molecule has 5 N–H and O–H groups in total. The lowest BCUT2D eigenvalue weighted by molar-refractivity contribution is -0.0424. The number of hydrogen-bond donors (Lipinski definition) is 4. The van der Waals surface area contributed by atoms with Crippen LogP contribution in [0.25, 0.3) is 11.2 Å². The Bertz CT molecular complexity index is 732. The summed E-state index contributed by atoms with van der Waals surface area (Å²) in [6.07, 6.45) is 0.543. The van der Waals surface area contributed by atoms with Gasteiger partial charge in [0.05, 0.1) is 19.0 Å². The fraction of sp³-hybridized carbons (Fsp3) is 0.500. The first-order valence-corrected chi connectivity index (χ1v) is 7.85. The highest BCUT2D eigenvalue weighted by Gasteiger charge is 2.37. The zero-order valence-electron chi connectivity index (χ0n) is 11.2. The number of aliphatic hydroxyl groups excluding tert-OH is 1. The van der Waals surface area contributed by atoms with Gasteiger partial charge in [-0.2, -0.15) is 0 Å². The monoisotopic (exact) mass is 331 g/mol. The largest absolute Gasteiger partial charge is 0.469 e. The number of rotatable bonds is 4. The standard InChI is InChI=1S/C10H14N5O6P/c11-9-8-10(13-3-12-9)15(4-14-8)7-1-5(16)6(21-7)2-20-22(17,18)19/h3-7,16H,1-2H2,(H2,11,12,13)(H2,17,18,19)/t5-,6?,7-/m1/s1. The van der Waals surface area contributed by atoms with E-state index >= 15 is 0 Å². The summed E-state index contributed by atoms with van der Waals surface area (Å²) in [6, 6.07) is 0. The van der Waals surface area contributed by atoms with E-state index in [4.69, 9.17) is 20.3 Å². The summed E-state index contributed by atoms with van der Waals surface area (Å²) in [5, 5.41) is 9.93. The van der Waals surface area contributed by atoms with Crippen LogP contribution in [0, 0.1) is 0 Å². The Morgan fingerprint density at radius 2 is 2.23 bits per heavy atom. The summed E-state index contributed by atoms with van der Waals surface area (Å²) in [4.78, 5) is 29.4. The van der Waals surface area contributed by atoms with Crippen molar-refractivity contribution >= 4 is 24.8 Å². The number of phosphoric ester groups is 1. The van der Waals surface area contributed by atoms with Crippen LogP contribution in [0.4, 0.5) is 5.82 Å². The number of phosphoric acid groups is 1. The Kier molecular flexibility index (Phi) is 3.85. The van der Waals surface area contributed by atoms with E-state index in [2.05, 4.69) is 19.5 Å². The Morgan fingerprint density at radius 1 is 1.45 bits per heavy atom. The maximum Gasteiger partial charge on any atom is 0.469 e. The maximum absolute atomic E-state index is 10.7. The number of imidazole rings is 1. The Labute approximate surface area is 124 Å². The third-order valence-electron chi connectivity index (χ3n) is 3.31. The molecule has 2 aromatic heterocycles. The molecular weight excluding hydrogens is 317 g/mol. The highest BCUT2D eigenvalue weighted by atomic mass is 31.2. The predicted octanol–water partition coefficient (Wildman–Crippen LogP) is -0.834. The molecule has 0 radical (unpaired) electrons. The molecule has 1 fully saturated rings. The van der Waals surface area contributed by atoms with E-state index in [-0.39, 0.29) is 12.2 Å². The third-order valence-corrected chi connectivity index (χ3v) is 3.79. The first-order valence-electron chi connectivity index (χ1n) is 6.32. The van der Waals surface area contributed by atoms with E-state index in [1.165, 1.54) is 12.7 Å². The first-order chi connectivity index (χ1) is 10.3. The number of fused-ring (bicyclic) bond motifs is 1. The van der Waals surface area contributed by atoms with Gasteiger partial charge < -0.3 is 25.4 Å². The Morgan fingerprint density at radius 3 is 2.95 bits per heavy atom. The molecule has 1 aliphatic heterocycles. The van der Waals surface area contributed by atoms with Crippen molar-refractivity contribution < 1.29 is 28.7 Å². The molecule has 3 rings (SSSR count). The number of nitrogen functional groups attached to an aromatic ring is 1. The van der Waals surface area contributed by atoms with Gasteiger partial charge in [0.25, 0.3) is 0 Å². The molecule has 0 aromatic carbocycles. The van der Waals surface area contributed by atoms with E-state index in [0.29, 0.717) is 11.2 Å². The van der Waals surface area contributed by atoms with E-state index in [1.807, 2.05) is 0 Å². The third kappa shape index (κ3) is 2.95. The molecule has 1 unspecified atom stereocenters. The normalized spacial score (nSPS) is 25.9. The molecule has 0 saturated carbocycles. The number of nitrogens with zero attached hydrogens (tertiary/aromatic N) is 4. The summed E-state index contributed by atoms with van der Waals surface area (Å²) >= 11 is 0. The molecule has 0 aliphatic carbocycles. The number of aromatic nitrogens is 4. The van der Waals surface area contributed by atoms with E-state index in [9.17, 15) is 9.67 Å². The lowest BCUT2D eigenvalue weighted by Crippen LogP contribution is -2.25. The van der Waals surface area contributed by atoms with Gasteiger partial charge in [0.15, 0.2) is 11.5 Å². The molecule has 0 spiro atoms. The highest BCUT2D eigenvalue weighted by Crippen LogP contribution is 2.38. The fourth-order valence-corrected chi connectivity index (χ4v) is 2.63. The number of aliphatic hydroxyl groups is 1. The lowest BCUT2D eigenvalue weighted by atomic mass is 10.2. The Balaban J connectivity index is 1.78. The van der Waals surface area contributed by atoms with Gasteiger partial charge in [0.2, 0.25) is 0 Å². The van der Waals surface area contributed by atoms with Crippen molar-refractivity contribution in [2.24, 2.45) is 0 Å². The Hall–Kier alpha value is -1.62. The summed E-state index contributed by atoms with van der Waals surface area (Å²) in [6.45, 7) is -0.425. The average Bonchev–Trinajstić information content (AvgIpc) is 3.00. The quantitative estimate of drug-likeness (QED) is 0.519. The minimum Gasteiger partial charge on any atom is -0.390 e. The van der Waals surface area contributed by atoms with Gasteiger partial charge in [-0.1, -0.05) is 0 Å². The van der Waals surface area contributed by atoms with Gasteiger partial charge >= 0.3 is 7.82 Å². The zero-order valence-corrected chi connectivity index (χ0v) is 12.1. The number of nitrogens with two attached hydrogens (primary N) is 1. The summed E-state index contributed by atoms with van der Waals surface area (Å²) in [5.41, 5.74) is 6.55. The van der Waals surface area contributed by atoms with E-state index in [0.717, 1.165) is 0 Å². The second-order valence-electron chi connectivity index (χ2n) is 4.80. The molecule has 0 bridgehead atoms. The van der Waals surface area contributed by atoms with Crippen LogP contribution in [-0.2, 0) is 13.8 Å². The predicted molar refractivity (Wildman–Crippen MR) is 72.3 cm³/mol. The smallest absolute Gasteiger partial charge is 0.390 e. The second-order valence-corrected chi connectivity index (χ2v) is 6.04. The molecule has 3 atom stereocenters. The summed E-state index contributed by atoms with van der Waals surface area (Å²) < 4.78 is 22.2. The van der Waals surface area contributed by atoms with Crippen molar-refractivity contribution in [3.63, 3.8) is 0 Å². The average molecular weight is 331 g/mol. The van der Waals surface area contributed by atoms with Gasteiger partial charge in [0, 0.05) is 6.42 Å². The fourth-order valence-electron chi connectivity index (χ4n) is 2.29. The van der Waals surface area contributed by atoms with Crippen LogP contribution < -0.4 is 5.73 Å². The van der Waals surface area contributed by atoms with Crippen LogP contribution in [-0.4, -0.2) is 53.2 Å². The van der Waals surface area contributed by atoms with Crippen molar-refractivity contribution in [2.45, 2.75) is 24.9 Å².